The number of hydrogen-bond acceptors (Lipinski definition) is 4. The molecule has 0 spiro atoms. The number of rotatable bonds is 5. The Morgan fingerprint density at radius 2 is 2.15 bits per heavy atom. The lowest BCUT2D eigenvalue weighted by Crippen LogP contribution is -2.25. The summed E-state index contributed by atoms with van der Waals surface area (Å²) in [6.45, 7) is 3.80. The first-order valence-corrected chi connectivity index (χ1v) is 9.32. The van der Waals surface area contributed by atoms with Crippen LogP contribution in [0.25, 0.3) is 0 Å². The molecule has 0 bridgehead atoms. The first-order chi connectivity index (χ1) is 9.34. The largest absolute Gasteiger partial charge is 0.283 e. The van der Waals surface area contributed by atoms with Crippen LogP contribution in [0.1, 0.15) is 6.42 Å². The minimum Gasteiger partial charge on any atom is -0.283 e. The zero-order valence-corrected chi connectivity index (χ0v) is 12.5. The predicted molar refractivity (Wildman–Crippen MR) is 79.8 cm³/mol. The smallest absolute Gasteiger partial charge is 0.236 e. The van der Waals surface area contributed by atoms with E-state index in [4.69, 9.17) is 0 Å². The van der Waals surface area contributed by atoms with Crippen molar-refractivity contribution in [2.45, 2.75) is 6.42 Å². The monoisotopic (exact) mass is 316 g/mol. The molecule has 0 atom stereocenters. The molecule has 0 aromatic heterocycles. The quantitative estimate of drug-likeness (QED) is 0.826. The van der Waals surface area contributed by atoms with Crippen LogP contribution in [0, 0.1) is 0 Å². The topological polar surface area (TPSA) is 83.6 Å². The molecule has 1 saturated heterocycles. The first kappa shape index (κ1) is 14.9. The summed E-state index contributed by atoms with van der Waals surface area (Å²) >= 11 is 0. The fourth-order valence-electron chi connectivity index (χ4n) is 2.03. The highest BCUT2D eigenvalue weighted by molar-refractivity contribution is 7.93. The van der Waals surface area contributed by atoms with Crippen molar-refractivity contribution in [1.82, 2.24) is 0 Å². The Labute approximate surface area is 119 Å². The summed E-state index contributed by atoms with van der Waals surface area (Å²) in [5.41, 5.74) is 0.813. The maximum Gasteiger partial charge on any atom is 0.236 e. The molecule has 20 heavy (non-hydrogen) atoms. The normalized spacial score (nSPS) is 17.9. The van der Waals surface area contributed by atoms with E-state index in [1.165, 1.54) is 16.4 Å². The molecule has 1 heterocycles. The van der Waals surface area contributed by atoms with E-state index in [1.54, 1.807) is 18.2 Å². The van der Waals surface area contributed by atoms with Crippen molar-refractivity contribution in [1.29, 1.82) is 0 Å². The molecule has 1 fully saturated rings. The van der Waals surface area contributed by atoms with Gasteiger partial charge in [-0.05, 0) is 24.6 Å². The summed E-state index contributed by atoms with van der Waals surface area (Å²) in [5, 5.41) is 0. The van der Waals surface area contributed by atoms with Crippen LogP contribution in [0.15, 0.2) is 36.9 Å². The first-order valence-electron chi connectivity index (χ1n) is 6.06. The van der Waals surface area contributed by atoms with Gasteiger partial charge >= 0.3 is 0 Å². The van der Waals surface area contributed by atoms with Crippen molar-refractivity contribution < 1.29 is 16.8 Å². The number of hydrogen-bond donors (Lipinski definition) is 1. The van der Waals surface area contributed by atoms with Gasteiger partial charge in [0.05, 0.1) is 22.9 Å². The molecule has 1 aliphatic rings. The van der Waals surface area contributed by atoms with E-state index < -0.39 is 20.0 Å². The standard InChI is InChI=1S/C12H16N2O4S2/c1-2-8-19(15,16)13-11-5-3-6-12(10-11)14-7-4-9-20(14,17)18/h2-3,5-6,10,13H,1,4,7-9H2. The summed E-state index contributed by atoms with van der Waals surface area (Å²) in [7, 11) is -6.76. The minimum absolute atomic E-state index is 0.124. The van der Waals surface area contributed by atoms with Gasteiger partial charge in [0, 0.05) is 6.54 Å². The van der Waals surface area contributed by atoms with Gasteiger partial charge in [0.2, 0.25) is 20.0 Å². The van der Waals surface area contributed by atoms with Crippen molar-refractivity contribution in [3.05, 3.63) is 36.9 Å². The molecule has 0 saturated carbocycles. The third kappa shape index (κ3) is 3.31. The van der Waals surface area contributed by atoms with Crippen molar-refractivity contribution >= 4 is 31.4 Å². The summed E-state index contributed by atoms with van der Waals surface area (Å²) < 4.78 is 50.7. The lowest BCUT2D eigenvalue weighted by atomic mass is 10.3. The number of sulfonamides is 2. The van der Waals surface area contributed by atoms with Crippen LogP contribution in [-0.2, 0) is 20.0 Å². The highest BCUT2D eigenvalue weighted by atomic mass is 32.2. The van der Waals surface area contributed by atoms with E-state index in [1.807, 2.05) is 0 Å². The summed E-state index contributed by atoms with van der Waals surface area (Å²) in [4.78, 5) is 0. The Morgan fingerprint density at radius 3 is 2.75 bits per heavy atom. The van der Waals surface area contributed by atoms with Gasteiger partial charge in [0.15, 0.2) is 0 Å². The van der Waals surface area contributed by atoms with Gasteiger partial charge < -0.3 is 0 Å². The van der Waals surface area contributed by atoms with Gasteiger partial charge in [0.1, 0.15) is 0 Å². The lowest BCUT2D eigenvalue weighted by Gasteiger charge is -2.17. The van der Waals surface area contributed by atoms with Crippen LogP contribution in [0.4, 0.5) is 11.4 Å². The van der Waals surface area contributed by atoms with E-state index in [-0.39, 0.29) is 11.5 Å². The third-order valence-electron chi connectivity index (χ3n) is 2.84. The average molecular weight is 316 g/mol. The molecule has 110 valence electrons. The van der Waals surface area contributed by atoms with Crippen molar-refractivity contribution in [3.63, 3.8) is 0 Å². The van der Waals surface area contributed by atoms with Crippen molar-refractivity contribution in [2.75, 3.05) is 27.1 Å². The van der Waals surface area contributed by atoms with Gasteiger partial charge in [-0.2, -0.15) is 0 Å². The summed E-state index contributed by atoms with van der Waals surface area (Å²) in [6, 6.07) is 6.36. The van der Waals surface area contributed by atoms with E-state index in [2.05, 4.69) is 11.3 Å². The van der Waals surface area contributed by atoms with E-state index >= 15 is 0 Å². The maximum atomic E-state index is 11.8. The zero-order valence-electron chi connectivity index (χ0n) is 10.8. The van der Waals surface area contributed by atoms with Crippen LogP contribution < -0.4 is 9.03 Å². The molecule has 1 aromatic rings. The van der Waals surface area contributed by atoms with Crippen molar-refractivity contribution in [2.24, 2.45) is 0 Å². The molecule has 6 nitrogen and oxygen atoms in total. The Morgan fingerprint density at radius 1 is 1.40 bits per heavy atom. The second-order valence-electron chi connectivity index (χ2n) is 4.46. The Kier molecular flexibility index (Phi) is 4.05. The molecule has 1 N–H and O–H groups in total. The van der Waals surface area contributed by atoms with E-state index in [0.29, 0.717) is 24.3 Å². The van der Waals surface area contributed by atoms with Crippen LogP contribution in [-0.4, -0.2) is 34.9 Å². The van der Waals surface area contributed by atoms with Crippen LogP contribution >= 0.6 is 0 Å². The molecular weight excluding hydrogens is 300 g/mol. The van der Waals surface area contributed by atoms with E-state index in [9.17, 15) is 16.8 Å². The highest BCUT2D eigenvalue weighted by Crippen LogP contribution is 2.26. The zero-order chi connectivity index (χ0) is 14.8. The molecule has 1 aromatic carbocycles. The Hall–Kier alpha value is -1.54. The molecule has 0 radical (unpaired) electrons. The molecule has 0 unspecified atom stereocenters. The van der Waals surface area contributed by atoms with Gasteiger partial charge in [-0.15, -0.1) is 6.58 Å². The molecular formula is C12H16N2O4S2. The van der Waals surface area contributed by atoms with Crippen LogP contribution in [0.3, 0.4) is 0 Å². The fourth-order valence-corrected chi connectivity index (χ4v) is 4.47. The fraction of sp³-hybridized carbons (Fsp3) is 0.333. The lowest BCUT2D eigenvalue weighted by molar-refractivity contribution is 0.599. The summed E-state index contributed by atoms with van der Waals surface area (Å²) in [6.07, 6.45) is 1.87. The van der Waals surface area contributed by atoms with Crippen molar-refractivity contribution in [3.8, 4) is 0 Å². The average Bonchev–Trinajstić information content (AvgIpc) is 2.68. The highest BCUT2D eigenvalue weighted by Gasteiger charge is 2.28. The molecule has 0 aliphatic carbocycles. The Balaban J connectivity index is 2.27. The van der Waals surface area contributed by atoms with E-state index in [0.717, 1.165) is 0 Å². The van der Waals surface area contributed by atoms with Gasteiger partial charge in [-0.1, -0.05) is 12.1 Å². The van der Waals surface area contributed by atoms with Crippen LogP contribution in [0.5, 0.6) is 0 Å². The second kappa shape index (κ2) is 5.45. The second-order valence-corrected chi connectivity index (χ2v) is 8.24. The minimum atomic E-state index is -3.49. The molecule has 2 rings (SSSR count). The number of anilines is 2. The van der Waals surface area contributed by atoms with Gasteiger partial charge in [-0.25, -0.2) is 16.8 Å². The van der Waals surface area contributed by atoms with Gasteiger partial charge in [0.25, 0.3) is 0 Å². The molecule has 0 amide bonds. The molecule has 8 heteroatoms. The third-order valence-corrected chi connectivity index (χ3v) is 5.93. The number of benzene rings is 1. The number of nitrogens with one attached hydrogen (secondary N) is 1. The maximum absolute atomic E-state index is 11.8. The molecule has 1 aliphatic heterocycles. The summed E-state index contributed by atoms with van der Waals surface area (Å²) in [5.74, 6) is -0.0708. The van der Waals surface area contributed by atoms with Crippen LogP contribution in [0.2, 0.25) is 0 Å². The predicted octanol–water partition coefficient (Wildman–Crippen LogP) is 1.15. The Bertz CT molecular complexity index is 711. The SMILES string of the molecule is C=CCS(=O)(=O)Nc1cccc(N2CCCS2(=O)=O)c1. The van der Waals surface area contributed by atoms with Gasteiger partial charge in [-0.3, -0.25) is 9.03 Å². The number of nitrogens with zero attached hydrogens (tertiary/aromatic N) is 1.